The first-order chi connectivity index (χ1) is 13.1. The number of rotatable bonds is 12. The number of unbranched alkanes of at least 4 members (excludes halogenated alkanes) is 4. The van der Waals surface area contributed by atoms with Gasteiger partial charge < -0.3 is 20.5 Å². The normalized spacial score (nSPS) is 15.3. The molecule has 1 atom stereocenters. The maximum Gasteiger partial charge on any atom is 0.408 e. The van der Waals surface area contributed by atoms with Crippen molar-refractivity contribution >= 4 is 17.7 Å². The Bertz CT molecular complexity index is 559. The molecule has 0 bridgehead atoms. The van der Waals surface area contributed by atoms with E-state index in [4.69, 9.17) is 4.74 Å². The van der Waals surface area contributed by atoms with E-state index < -0.39 is 18.1 Å². The van der Waals surface area contributed by atoms with Crippen molar-refractivity contribution in [1.29, 1.82) is 0 Å². The molecule has 1 aromatic rings. The van der Waals surface area contributed by atoms with E-state index >= 15 is 0 Å². The fraction of sp³-hybridized carbons (Fsp3) is 0.619. The number of carbonyl (C=O) groups excluding carboxylic acids is 1. The van der Waals surface area contributed by atoms with Crippen molar-refractivity contribution < 1.29 is 19.4 Å². The Kier molecular flexibility index (Phi) is 9.52. The van der Waals surface area contributed by atoms with Crippen molar-refractivity contribution in [2.75, 3.05) is 11.9 Å². The average Bonchev–Trinajstić information content (AvgIpc) is 3.16. The number of hydrogen-bond acceptors (Lipinski definition) is 4. The van der Waals surface area contributed by atoms with Crippen molar-refractivity contribution in [2.45, 2.75) is 76.4 Å². The molecule has 6 heteroatoms. The van der Waals surface area contributed by atoms with Gasteiger partial charge in [0.05, 0.1) is 0 Å². The third-order valence-corrected chi connectivity index (χ3v) is 4.94. The highest BCUT2D eigenvalue weighted by molar-refractivity contribution is 5.79. The van der Waals surface area contributed by atoms with Gasteiger partial charge in [-0.25, -0.2) is 9.59 Å². The molecule has 1 aliphatic carbocycles. The van der Waals surface area contributed by atoms with Gasteiger partial charge in [-0.3, -0.25) is 0 Å². The summed E-state index contributed by atoms with van der Waals surface area (Å²) >= 11 is 0. The van der Waals surface area contributed by atoms with Crippen LogP contribution in [-0.2, 0) is 9.53 Å². The molecule has 6 nitrogen and oxygen atoms in total. The maximum atomic E-state index is 11.8. The number of alkyl carbamates (subject to hydrolysis) is 1. The second-order valence-electron chi connectivity index (χ2n) is 7.20. The van der Waals surface area contributed by atoms with Crippen molar-refractivity contribution in [3.8, 4) is 0 Å². The Balaban J connectivity index is 1.51. The highest BCUT2D eigenvalue weighted by Gasteiger charge is 2.23. The second-order valence-corrected chi connectivity index (χ2v) is 7.20. The van der Waals surface area contributed by atoms with E-state index in [0.29, 0.717) is 6.42 Å². The van der Waals surface area contributed by atoms with Crippen LogP contribution in [0.15, 0.2) is 30.3 Å². The van der Waals surface area contributed by atoms with Gasteiger partial charge in [0.25, 0.3) is 0 Å². The second kappa shape index (κ2) is 12.2. The number of carboxylic acids is 1. The van der Waals surface area contributed by atoms with Gasteiger partial charge >= 0.3 is 12.1 Å². The van der Waals surface area contributed by atoms with Crippen LogP contribution in [0.3, 0.4) is 0 Å². The number of hydrogen-bond donors (Lipinski definition) is 3. The fourth-order valence-electron chi connectivity index (χ4n) is 3.38. The zero-order valence-corrected chi connectivity index (χ0v) is 16.0. The highest BCUT2D eigenvalue weighted by atomic mass is 16.6. The molecular formula is C21H32N2O4. The third-order valence-electron chi connectivity index (χ3n) is 4.94. The van der Waals surface area contributed by atoms with E-state index in [9.17, 15) is 14.7 Å². The molecule has 0 aliphatic heterocycles. The third kappa shape index (κ3) is 8.80. The van der Waals surface area contributed by atoms with Gasteiger partial charge in [0.1, 0.15) is 12.1 Å². The van der Waals surface area contributed by atoms with Crippen molar-refractivity contribution in [2.24, 2.45) is 0 Å². The number of nitrogens with one attached hydrogen (secondary N) is 2. The predicted molar refractivity (Wildman–Crippen MR) is 106 cm³/mol. The minimum absolute atomic E-state index is 0.0519. The largest absolute Gasteiger partial charge is 0.480 e. The number of carboxylic acid groups (broad SMARTS) is 1. The van der Waals surface area contributed by atoms with Crippen LogP contribution in [0.5, 0.6) is 0 Å². The molecule has 0 saturated heterocycles. The number of anilines is 1. The number of amides is 1. The summed E-state index contributed by atoms with van der Waals surface area (Å²) in [5, 5.41) is 15.2. The van der Waals surface area contributed by atoms with E-state index in [1.54, 1.807) is 0 Å². The quantitative estimate of drug-likeness (QED) is 0.465. The zero-order chi connectivity index (χ0) is 19.3. The summed E-state index contributed by atoms with van der Waals surface area (Å²) in [4.78, 5) is 23.2. The van der Waals surface area contributed by atoms with Crippen LogP contribution >= 0.6 is 0 Å². The monoisotopic (exact) mass is 376 g/mol. The molecule has 0 radical (unpaired) electrons. The van der Waals surface area contributed by atoms with Crippen LogP contribution in [-0.4, -0.2) is 35.9 Å². The Morgan fingerprint density at radius 3 is 2.41 bits per heavy atom. The lowest BCUT2D eigenvalue weighted by Crippen LogP contribution is -2.42. The van der Waals surface area contributed by atoms with Gasteiger partial charge in [-0.15, -0.1) is 0 Å². The topological polar surface area (TPSA) is 87.7 Å². The minimum atomic E-state index is -0.995. The lowest BCUT2D eigenvalue weighted by atomic mass is 10.1. The maximum absolute atomic E-state index is 11.8. The lowest BCUT2D eigenvalue weighted by Gasteiger charge is -2.17. The standard InChI is InChI=1S/C21H32N2O4/c24-20(25)19(23-21(26)27-18-13-8-9-14-18)15-7-2-1-3-10-16-22-17-11-5-4-6-12-17/h4-6,11-12,18-19,22H,1-3,7-10,13-16H2,(H,23,26)(H,24,25)/t19-/m0/s1. The van der Waals surface area contributed by atoms with Gasteiger partial charge in [0, 0.05) is 12.2 Å². The van der Waals surface area contributed by atoms with Crippen LogP contribution in [0.25, 0.3) is 0 Å². The number of para-hydroxylation sites is 1. The molecule has 27 heavy (non-hydrogen) atoms. The van der Waals surface area contributed by atoms with Crippen LogP contribution in [0.2, 0.25) is 0 Å². The molecule has 3 N–H and O–H groups in total. The van der Waals surface area contributed by atoms with Crippen molar-refractivity contribution in [3.05, 3.63) is 30.3 Å². The molecule has 1 fully saturated rings. The van der Waals surface area contributed by atoms with Crippen molar-refractivity contribution in [1.82, 2.24) is 5.32 Å². The Morgan fingerprint density at radius 1 is 1.04 bits per heavy atom. The van der Waals surface area contributed by atoms with E-state index in [1.165, 1.54) is 0 Å². The van der Waals surface area contributed by atoms with Crippen molar-refractivity contribution in [3.63, 3.8) is 0 Å². The molecule has 2 rings (SSSR count). The summed E-state index contributed by atoms with van der Waals surface area (Å²) in [6, 6.07) is 9.27. The summed E-state index contributed by atoms with van der Waals surface area (Å²) in [6.07, 6.45) is 8.70. The number of carbonyl (C=O) groups is 2. The zero-order valence-electron chi connectivity index (χ0n) is 16.0. The van der Waals surface area contributed by atoms with E-state index in [2.05, 4.69) is 22.8 Å². The van der Waals surface area contributed by atoms with Crippen LogP contribution in [0, 0.1) is 0 Å². The first-order valence-electron chi connectivity index (χ1n) is 10.1. The SMILES string of the molecule is O=C(N[C@@H](CCCCCCCNc1ccccc1)C(=O)O)OC1CCCC1. The molecule has 150 valence electrons. The average molecular weight is 376 g/mol. The van der Waals surface area contributed by atoms with Crippen LogP contribution < -0.4 is 10.6 Å². The summed E-state index contributed by atoms with van der Waals surface area (Å²) in [6.45, 7) is 0.941. The molecule has 1 amide bonds. The first kappa shape index (κ1) is 21.1. The molecule has 1 aromatic carbocycles. The molecule has 0 spiro atoms. The summed E-state index contributed by atoms with van der Waals surface area (Å²) in [7, 11) is 0. The van der Waals surface area contributed by atoms with E-state index in [0.717, 1.165) is 70.0 Å². The van der Waals surface area contributed by atoms with Gasteiger partial charge in [-0.05, 0) is 50.7 Å². The van der Waals surface area contributed by atoms with E-state index in [1.807, 2.05) is 18.2 Å². The summed E-state index contributed by atoms with van der Waals surface area (Å²) < 4.78 is 5.28. The summed E-state index contributed by atoms with van der Waals surface area (Å²) in [5.41, 5.74) is 1.14. The molecule has 0 unspecified atom stereocenters. The molecule has 1 saturated carbocycles. The minimum Gasteiger partial charge on any atom is -0.480 e. The van der Waals surface area contributed by atoms with Gasteiger partial charge in [0.2, 0.25) is 0 Å². The van der Waals surface area contributed by atoms with Gasteiger partial charge in [-0.1, -0.05) is 43.9 Å². The smallest absolute Gasteiger partial charge is 0.408 e. The van der Waals surface area contributed by atoms with Gasteiger partial charge in [0.15, 0.2) is 0 Å². The lowest BCUT2D eigenvalue weighted by molar-refractivity contribution is -0.139. The molecule has 0 heterocycles. The number of benzene rings is 1. The van der Waals surface area contributed by atoms with Gasteiger partial charge in [-0.2, -0.15) is 0 Å². The first-order valence-corrected chi connectivity index (χ1v) is 10.1. The molecular weight excluding hydrogens is 344 g/mol. The highest BCUT2D eigenvalue weighted by Crippen LogP contribution is 2.21. The molecule has 0 aromatic heterocycles. The van der Waals surface area contributed by atoms with E-state index in [-0.39, 0.29) is 6.10 Å². The Hall–Kier alpha value is -2.24. The number of ether oxygens (including phenoxy) is 1. The predicted octanol–water partition coefficient (Wildman–Crippen LogP) is 4.56. The summed E-state index contributed by atoms with van der Waals surface area (Å²) in [5.74, 6) is -0.995. The Morgan fingerprint density at radius 2 is 1.70 bits per heavy atom. The number of aliphatic carboxylic acids is 1. The Labute approximate surface area is 161 Å². The van der Waals surface area contributed by atoms with Crippen LogP contribution in [0.1, 0.15) is 64.2 Å². The van der Waals surface area contributed by atoms with Crippen LogP contribution in [0.4, 0.5) is 10.5 Å². The molecule has 1 aliphatic rings. The fourth-order valence-corrected chi connectivity index (χ4v) is 3.38.